The third-order valence-electron chi connectivity index (χ3n) is 7.68. The minimum atomic E-state index is -0.537. The second-order valence-electron chi connectivity index (χ2n) is 9.59. The van der Waals surface area contributed by atoms with Crippen molar-refractivity contribution in [2.75, 3.05) is 18.0 Å². The first-order valence-corrected chi connectivity index (χ1v) is 12.3. The van der Waals surface area contributed by atoms with Crippen LogP contribution in [0.3, 0.4) is 0 Å². The molecule has 1 atom stereocenters. The summed E-state index contributed by atoms with van der Waals surface area (Å²) in [5, 5.41) is 1.16. The Morgan fingerprint density at radius 2 is 1.64 bits per heavy atom. The Morgan fingerprint density at radius 3 is 2.53 bits per heavy atom. The number of carbonyl (C=O) groups excluding carboxylic acids is 3. The molecule has 36 heavy (non-hydrogen) atoms. The van der Waals surface area contributed by atoms with Crippen molar-refractivity contribution in [3.63, 3.8) is 0 Å². The summed E-state index contributed by atoms with van der Waals surface area (Å²) in [6.45, 7) is 1.45. The van der Waals surface area contributed by atoms with E-state index in [9.17, 15) is 14.4 Å². The lowest BCUT2D eigenvalue weighted by Crippen LogP contribution is -2.49. The molecular weight excluding hydrogens is 452 g/mol. The van der Waals surface area contributed by atoms with Crippen LogP contribution in [0.1, 0.15) is 50.1 Å². The number of rotatable bonds is 3. The van der Waals surface area contributed by atoms with Crippen LogP contribution in [-0.4, -0.2) is 45.6 Å². The van der Waals surface area contributed by atoms with Crippen molar-refractivity contribution >= 4 is 34.3 Å². The largest absolute Gasteiger partial charge is 0.358 e. The van der Waals surface area contributed by atoms with Crippen molar-refractivity contribution in [2.24, 2.45) is 0 Å². The van der Waals surface area contributed by atoms with Crippen LogP contribution in [0.2, 0.25) is 0 Å². The van der Waals surface area contributed by atoms with E-state index in [1.165, 1.54) is 11.3 Å². The molecule has 4 aromatic rings. The lowest BCUT2D eigenvalue weighted by atomic mass is 10.0. The Morgan fingerprint density at radius 1 is 0.889 bits per heavy atom. The Labute approximate surface area is 207 Å². The SMILES string of the molecule is O=C(CCN1C(=O)c2ccccc2N2C(=O)c3ccccc3[C@H]12)N1CCc2[nH]c3ccccc3c2C1. The first kappa shape index (κ1) is 20.9. The molecule has 7 heteroatoms. The van der Waals surface area contributed by atoms with Gasteiger partial charge in [-0.05, 0) is 24.3 Å². The quantitative estimate of drug-likeness (QED) is 0.480. The molecule has 3 aromatic carbocycles. The van der Waals surface area contributed by atoms with Gasteiger partial charge in [0.05, 0.1) is 11.3 Å². The summed E-state index contributed by atoms with van der Waals surface area (Å²) in [6.07, 6.45) is 0.446. The van der Waals surface area contributed by atoms with Crippen molar-refractivity contribution < 1.29 is 14.4 Å². The first-order chi connectivity index (χ1) is 17.6. The van der Waals surface area contributed by atoms with Crippen LogP contribution in [0.15, 0.2) is 72.8 Å². The summed E-state index contributed by atoms with van der Waals surface area (Å²) in [4.78, 5) is 49.1. The molecule has 0 fully saturated rings. The average molecular weight is 477 g/mol. The molecule has 3 amide bonds. The second kappa shape index (κ2) is 7.81. The molecule has 1 aromatic heterocycles. The minimum Gasteiger partial charge on any atom is -0.358 e. The van der Waals surface area contributed by atoms with Crippen LogP contribution >= 0.6 is 0 Å². The van der Waals surface area contributed by atoms with E-state index in [1.807, 2.05) is 47.4 Å². The highest BCUT2D eigenvalue weighted by Gasteiger charge is 2.47. The predicted octanol–water partition coefficient (Wildman–Crippen LogP) is 4.26. The molecule has 1 N–H and O–H groups in total. The predicted molar refractivity (Wildman–Crippen MR) is 136 cm³/mol. The number of nitrogens with one attached hydrogen (secondary N) is 1. The van der Waals surface area contributed by atoms with Crippen molar-refractivity contribution in [1.29, 1.82) is 0 Å². The van der Waals surface area contributed by atoms with Crippen molar-refractivity contribution in [1.82, 2.24) is 14.8 Å². The lowest BCUT2D eigenvalue weighted by molar-refractivity contribution is -0.132. The highest BCUT2D eigenvalue weighted by atomic mass is 16.2. The van der Waals surface area contributed by atoms with Crippen LogP contribution in [0, 0.1) is 0 Å². The van der Waals surface area contributed by atoms with Gasteiger partial charge in [0.15, 0.2) is 0 Å². The van der Waals surface area contributed by atoms with Crippen LogP contribution < -0.4 is 4.90 Å². The molecular formula is C29H24N4O3. The monoisotopic (exact) mass is 476 g/mol. The number of carbonyl (C=O) groups is 3. The van der Waals surface area contributed by atoms with Crippen LogP contribution in [-0.2, 0) is 17.8 Å². The number of benzene rings is 3. The zero-order chi connectivity index (χ0) is 24.4. The Balaban J connectivity index is 1.17. The fourth-order valence-corrected chi connectivity index (χ4v) is 5.95. The number of fused-ring (bicyclic) bond motifs is 8. The summed E-state index contributed by atoms with van der Waals surface area (Å²) in [6, 6.07) is 22.8. The maximum absolute atomic E-state index is 13.6. The number of anilines is 1. The maximum atomic E-state index is 13.6. The number of nitrogens with zero attached hydrogens (tertiary/aromatic N) is 3. The van der Waals surface area contributed by atoms with Gasteiger partial charge in [-0.15, -0.1) is 0 Å². The normalized spacial score (nSPS) is 18.2. The van der Waals surface area contributed by atoms with E-state index in [0.717, 1.165) is 22.9 Å². The zero-order valence-electron chi connectivity index (χ0n) is 19.6. The van der Waals surface area contributed by atoms with Gasteiger partial charge in [-0.1, -0.05) is 48.5 Å². The lowest BCUT2D eigenvalue weighted by Gasteiger charge is -2.41. The molecule has 0 saturated heterocycles. The van der Waals surface area contributed by atoms with E-state index in [1.54, 1.807) is 28.0 Å². The van der Waals surface area contributed by atoms with Crippen LogP contribution in [0.25, 0.3) is 10.9 Å². The molecule has 3 aliphatic rings. The Kier molecular flexibility index (Phi) is 4.54. The van der Waals surface area contributed by atoms with Gasteiger partial charge in [-0.2, -0.15) is 0 Å². The number of H-pyrrole nitrogens is 1. The van der Waals surface area contributed by atoms with Crippen molar-refractivity contribution in [2.45, 2.75) is 25.6 Å². The third-order valence-corrected chi connectivity index (χ3v) is 7.68. The second-order valence-corrected chi connectivity index (χ2v) is 9.59. The summed E-state index contributed by atoms with van der Waals surface area (Å²) >= 11 is 0. The van der Waals surface area contributed by atoms with Gasteiger partial charge in [0.2, 0.25) is 5.91 Å². The average Bonchev–Trinajstić information content (AvgIpc) is 3.44. The zero-order valence-corrected chi connectivity index (χ0v) is 19.6. The summed E-state index contributed by atoms with van der Waals surface area (Å²) in [5.41, 5.74) is 5.99. The summed E-state index contributed by atoms with van der Waals surface area (Å²) < 4.78 is 0. The molecule has 0 spiro atoms. The van der Waals surface area contributed by atoms with E-state index in [-0.39, 0.29) is 30.7 Å². The van der Waals surface area contributed by atoms with E-state index < -0.39 is 6.17 Å². The smallest absolute Gasteiger partial charge is 0.260 e. The first-order valence-electron chi connectivity index (χ1n) is 12.3. The van der Waals surface area contributed by atoms with Gasteiger partial charge in [-0.25, -0.2) is 0 Å². The highest BCUT2D eigenvalue weighted by Crippen LogP contribution is 2.45. The van der Waals surface area contributed by atoms with E-state index in [4.69, 9.17) is 0 Å². The number of hydrogen-bond donors (Lipinski definition) is 1. The number of aromatic amines is 1. The molecule has 0 bridgehead atoms. The Bertz CT molecular complexity index is 1570. The molecule has 3 aliphatic heterocycles. The van der Waals surface area contributed by atoms with Gasteiger partial charge < -0.3 is 14.8 Å². The molecule has 178 valence electrons. The number of amides is 3. The van der Waals surface area contributed by atoms with Crippen LogP contribution in [0.4, 0.5) is 5.69 Å². The van der Waals surface area contributed by atoms with Gasteiger partial charge in [0, 0.05) is 65.8 Å². The van der Waals surface area contributed by atoms with Crippen LogP contribution in [0.5, 0.6) is 0 Å². The molecule has 4 heterocycles. The van der Waals surface area contributed by atoms with E-state index >= 15 is 0 Å². The summed E-state index contributed by atoms with van der Waals surface area (Å²) in [7, 11) is 0. The number of hydrogen-bond acceptors (Lipinski definition) is 3. The maximum Gasteiger partial charge on any atom is 0.260 e. The van der Waals surface area contributed by atoms with Crippen molar-refractivity contribution in [3.8, 4) is 0 Å². The van der Waals surface area contributed by atoms with Gasteiger partial charge in [-0.3, -0.25) is 19.3 Å². The number of aromatic nitrogens is 1. The standard InChI is InChI=1S/C29H24N4O3/c34-26(31-15-13-24-22(17-31)18-7-3-5-11-23(18)30-24)14-16-32-27-19-8-1-2-9-20(19)29(36)33(27)25-12-6-4-10-21(25)28(32)35/h1-12,27,30H,13-17H2/t27-/m1/s1. The third kappa shape index (κ3) is 2.95. The topological polar surface area (TPSA) is 76.7 Å². The molecule has 0 saturated carbocycles. The van der Waals surface area contributed by atoms with Gasteiger partial charge >= 0.3 is 0 Å². The molecule has 7 nitrogen and oxygen atoms in total. The van der Waals surface area contributed by atoms with Gasteiger partial charge in [0.1, 0.15) is 6.17 Å². The molecule has 7 rings (SSSR count). The van der Waals surface area contributed by atoms with Gasteiger partial charge in [0.25, 0.3) is 11.8 Å². The van der Waals surface area contributed by atoms with E-state index in [2.05, 4.69) is 17.1 Å². The highest BCUT2D eigenvalue weighted by molar-refractivity contribution is 6.16. The molecule has 0 aliphatic carbocycles. The number of para-hydroxylation sites is 2. The summed E-state index contributed by atoms with van der Waals surface area (Å²) in [5.74, 6) is -0.252. The molecule has 0 radical (unpaired) electrons. The Hall–Kier alpha value is -4.39. The molecule has 0 unspecified atom stereocenters. The van der Waals surface area contributed by atoms with Crippen molar-refractivity contribution in [3.05, 3.63) is 101 Å². The fourth-order valence-electron chi connectivity index (χ4n) is 5.95. The fraction of sp³-hybridized carbons (Fsp3) is 0.207. The van der Waals surface area contributed by atoms with E-state index in [0.29, 0.717) is 29.9 Å². The minimum absolute atomic E-state index is 0.0155.